The molecule has 0 bridgehead atoms. The predicted octanol–water partition coefficient (Wildman–Crippen LogP) is 7.80. The number of hydrogen-bond donors (Lipinski definition) is 0. The van der Waals surface area contributed by atoms with Crippen LogP contribution >= 0.6 is 0 Å². The van der Waals surface area contributed by atoms with E-state index in [1.807, 2.05) is 42.5 Å². The van der Waals surface area contributed by atoms with Gasteiger partial charge in [-0.2, -0.15) is 0 Å². The quantitative estimate of drug-likeness (QED) is 0.252. The van der Waals surface area contributed by atoms with Crippen LogP contribution in [0.5, 0.6) is 5.75 Å². The van der Waals surface area contributed by atoms with E-state index in [4.69, 9.17) is 4.74 Å². The molecule has 1 heterocycles. The van der Waals surface area contributed by atoms with Crippen LogP contribution in [0.25, 0.3) is 0 Å². The molecule has 2 aromatic rings. The molecular weight excluding hydrogens is 334 g/mol. The fraction of sp³-hybridized carbons (Fsp3) is 0.522. The molecule has 0 spiro atoms. The van der Waals surface area contributed by atoms with Crippen molar-refractivity contribution in [2.45, 2.75) is 71.1 Å². The standard InChI is InChI=1S/C23H33N3O/c1-2-3-4-5-6-7-8-9-10-13-20-27-22-17-15-21(16-18-22)25-26-23-14-11-12-19-24-23/h11-12,14-19H,2-10,13,20H2,1H3. The average Bonchev–Trinajstić information content (AvgIpc) is 2.72. The molecule has 1 aromatic heterocycles. The average molecular weight is 368 g/mol. The van der Waals surface area contributed by atoms with Crippen LogP contribution in [0.1, 0.15) is 71.1 Å². The lowest BCUT2D eigenvalue weighted by Gasteiger charge is -2.06. The van der Waals surface area contributed by atoms with Crippen molar-refractivity contribution in [1.82, 2.24) is 4.98 Å². The van der Waals surface area contributed by atoms with Crippen molar-refractivity contribution in [1.29, 1.82) is 0 Å². The molecule has 0 fully saturated rings. The second-order valence-corrected chi connectivity index (χ2v) is 6.91. The minimum absolute atomic E-state index is 0.610. The number of ether oxygens (including phenoxy) is 1. The van der Waals surface area contributed by atoms with Gasteiger partial charge >= 0.3 is 0 Å². The molecule has 4 nitrogen and oxygen atoms in total. The Hall–Kier alpha value is -2.23. The van der Waals surface area contributed by atoms with Crippen molar-refractivity contribution in [3.8, 4) is 5.75 Å². The summed E-state index contributed by atoms with van der Waals surface area (Å²) >= 11 is 0. The second-order valence-electron chi connectivity index (χ2n) is 6.91. The first-order valence-electron chi connectivity index (χ1n) is 10.4. The summed E-state index contributed by atoms with van der Waals surface area (Å²) in [6, 6.07) is 13.3. The van der Waals surface area contributed by atoms with E-state index >= 15 is 0 Å². The highest BCUT2D eigenvalue weighted by molar-refractivity contribution is 5.41. The van der Waals surface area contributed by atoms with Crippen LogP contribution in [0.2, 0.25) is 0 Å². The minimum atomic E-state index is 0.610. The molecule has 0 N–H and O–H groups in total. The zero-order chi connectivity index (χ0) is 19.0. The van der Waals surface area contributed by atoms with Gasteiger partial charge in [-0.3, -0.25) is 0 Å². The normalized spacial score (nSPS) is 11.1. The van der Waals surface area contributed by atoms with Crippen LogP contribution in [-0.2, 0) is 0 Å². The smallest absolute Gasteiger partial charge is 0.174 e. The van der Waals surface area contributed by atoms with E-state index in [1.54, 1.807) is 6.20 Å². The third-order valence-corrected chi connectivity index (χ3v) is 4.52. The first-order valence-corrected chi connectivity index (χ1v) is 10.4. The lowest BCUT2D eigenvalue weighted by molar-refractivity contribution is 0.304. The Bertz CT molecular complexity index is 626. The number of pyridine rings is 1. The summed E-state index contributed by atoms with van der Waals surface area (Å²) in [5.41, 5.74) is 0.798. The van der Waals surface area contributed by atoms with Gasteiger partial charge in [0.2, 0.25) is 0 Å². The molecule has 0 aliphatic heterocycles. The van der Waals surface area contributed by atoms with Gasteiger partial charge < -0.3 is 4.74 Å². The van der Waals surface area contributed by atoms with Crippen LogP contribution in [0.3, 0.4) is 0 Å². The number of aromatic nitrogens is 1. The highest BCUT2D eigenvalue weighted by Gasteiger charge is 1.97. The Labute approximate surface area is 164 Å². The van der Waals surface area contributed by atoms with Gasteiger partial charge in [-0.05, 0) is 42.8 Å². The van der Waals surface area contributed by atoms with Crippen LogP contribution < -0.4 is 4.74 Å². The number of benzene rings is 1. The number of rotatable bonds is 14. The van der Waals surface area contributed by atoms with E-state index in [9.17, 15) is 0 Å². The molecule has 2 rings (SSSR count). The highest BCUT2D eigenvalue weighted by atomic mass is 16.5. The maximum absolute atomic E-state index is 5.81. The molecule has 146 valence electrons. The monoisotopic (exact) mass is 367 g/mol. The summed E-state index contributed by atoms with van der Waals surface area (Å²) in [6.07, 6.45) is 15.1. The molecule has 1 aromatic carbocycles. The predicted molar refractivity (Wildman–Crippen MR) is 112 cm³/mol. The van der Waals surface area contributed by atoms with Crippen LogP contribution in [0.4, 0.5) is 11.5 Å². The van der Waals surface area contributed by atoms with E-state index in [0.29, 0.717) is 5.82 Å². The summed E-state index contributed by atoms with van der Waals surface area (Å²) in [6.45, 7) is 3.05. The molecule has 0 radical (unpaired) electrons. The Morgan fingerprint density at radius 2 is 1.41 bits per heavy atom. The van der Waals surface area contributed by atoms with E-state index in [1.165, 1.54) is 57.8 Å². The summed E-state index contributed by atoms with van der Waals surface area (Å²) in [4.78, 5) is 4.12. The molecule has 0 saturated carbocycles. The lowest BCUT2D eigenvalue weighted by atomic mass is 10.1. The first-order chi connectivity index (χ1) is 13.4. The lowest BCUT2D eigenvalue weighted by Crippen LogP contribution is -1.96. The van der Waals surface area contributed by atoms with E-state index < -0.39 is 0 Å². The van der Waals surface area contributed by atoms with Gasteiger partial charge in [0.1, 0.15) is 5.75 Å². The largest absolute Gasteiger partial charge is 0.494 e. The molecule has 4 heteroatoms. The molecular formula is C23H33N3O. The van der Waals surface area contributed by atoms with Crippen LogP contribution in [0.15, 0.2) is 58.9 Å². The summed E-state index contributed by atoms with van der Waals surface area (Å²) < 4.78 is 5.81. The van der Waals surface area contributed by atoms with Crippen molar-refractivity contribution >= 4 is 11.5 Å². The van der Waals surface area contributed by atoms with Crippen molar-refractivity contribution in [3.63, 3.8) is 0 Å². The van der Waals surface area contributed by atoms with E-state index in [-0.39, 0.29) is 0 Å². The zero-order valence-corrected chi connectivity index (χ0v) is 16.6. The maximum Gasteiger partial charge on any atom is 0.174 e. The zero-order valence-electron chi connectivity index (χ0n) is 16.6. The van der Waals surface area contributed by atoms with Gasteiger partial charge in [-0.15, -0.1) is 10.2 Å². The number of azo groups is 1. The van der Waals surface area contributed by atoms with Gasteiger partial charge in [-0.1, -0.05) is 70.8 Å². The fourth-order valence-corrected chi connectivity index (χ4v) is 2.91. The number of nitrogens with zero attached hydrogens (tertiary/aromatic N) is 3. The number of hydrogen-bond acceptors (Lipinski definition) is 4. The third kappa shape index (κ3) is 9.88. The Morgan fingerprint density at radius 1 is 0.741 bits per heavy atom. The Morgan fingerprint density at radius 3 is 2.04 bits per heavy atom. The van der Waals surface area contributed by atoms with Crippen LogP contribution in [-0.4, -0.2) is 11.6 Å². The minimum Gasteiger partial charge on any atom is -0.494 e. The highest BCUT2D eigenvalue weighted by Crippen LogP contribution is 2.20. The molecule has 27 heavy (non-hydrogen) atoms. The molecule has 0 amide bonds. The van der Waals surface area contributed by atoms with Gasteiger partial charge in [0.05, 0.1) is 12.3 Å². The van der Waals surface area contributed by atoms with Crippen molar-refractivity contribution in [3.05, 3.63) is 48.7 Å². The summed E-state index contributed by atoms with van der Waals surface area (Å²) in [5, 5.41) is 8.30. The van der Waals surface area contributed by atoms with Gasteiger partial charge in [0, 0.05) is 6.20 Å². The van der Waals surface area contributed by atoms with Gasteiger partial charge in [0.25, 0.3) is 0 Å². The molecule has 0 unspecified atom stereocenters. The maximum atomic E-state index is 5.81. The Kier molecular flexibility index (Phi) is 10.9. The molecule has 0 aliphatic rings. The van der Waals surface area contributed by atoms with Crippen molar-refractivity contribution in [2.24, 2.45) is 10.2 Å². The van der Waals surface area contributed by atoms with E-state index in [2.05, 4.69) is 22.1 Å². The molecule has 0 saturated heterocycles. The summed E-state index contributed by atoms with van der Waals surface area (Å²) in [5.74, 6) is 1.50. The Balaban J connectivity index is 1.52. The van der Waals surface area contributed by atoms with Crippen LogP contribution in [0, 0.1) is 0 Å². The van der Waals surface area contributed by atoms with Crippen molar-refractivity contribution < 1.29 is 4.74 Å². The molecule has 0 atom stereocenters. The van der Waals surface area contributed by atoms with Gasteiger partial charge in [-0.25, -0.2) is 4.98 Å². The summed E-state index contributed by atoms with van der Waals surface area (Å²) in [7, 11) is 0. The van der Waals surface area contributed by atoms with E-state index in [0.717, 1.165) is 24.5 Å². The second kappa shape index (κ2) is 13.9. The van der Waals surface area contributed by atoms with Gasteiger partial charge in [0.15, 0.2) is 5.82 Å². The SMILES string of the molecule is CCCCCCCCCCCCOc1ccc(N=Nc2ccccn2)cc1. The van der Waals surface area contributed by atoms with Crippen molar-refractivity contribution in [2.75, 3.05) is 6.61 Å². The topological polar surface area (TPSA) is 46.8 Å². The fourth-order valence-electron chi connectivity index (χ4n) is 2.91. The number of unbranched alkanes of at least 4 members (excludes halogenated alkanes) is 9. The molecule has 0 aliphatic carbocycles. The third-order valence-electron chi connectivity index (χ3n) is 4.52. The first kappa shape index (κ1) is 21.1.